The minimum atomic E-state index is -3.90. The van der Waals surface area contributed by atoms with Gasteiger partial charge < -0.3 is 9.90 Å². The van der Waals surface area contributed by atoms with Crippen molar-refractivity contribution in [2.24, 2.45) is 0 Å². The fourth-order valence-corrected chi connectivity index (χ4v) is 3.08. The summed E-state index contributed by atoms with van der Waals surface area (Å²) in [5, 5.41) is 11.2. The molecule has 1 unspecified atom stereocenters. The molecular weight excluding hydrogens is 290 g/mol. The molecule has 2 aromatic carbocycles. The van der Waals surface area contributed by atoms with Crippen LogP contribution in [0.2, 0.25) is 0 Å². The summed E-state index contributed by atoms with van der Waals surface area (Å²) in [7, 11) is -3.90. The molecule has 0 aliphatic heterocycles. The van der Waals surface area contributed by atoms with E-state index in [4.69, 9.17) is 0 Å². The molecule has 0 aliphatic rings. The minimum Gasteiger partial charge on any atom is -0.548 e. The van der Waals surface area contributed by atoms with Gasteiger partial charge in [-0.3, -0.25) is 0 Å². The van der Waals surface area contributed by atoms with Crippen LogP contribution in [0.4, 0.5) is 0 Å². The molecule has 0 bridgehead atoms. The van der Waals surface area contributed by atoms with Crippen molar-refractivity contribution in [2.75, 3.05) is 0 Å². The maximum Gasteiger partial charge on any atom is 0.241 e. The zero-order chi connectivity index (χ0) is 15.3. The molecule has 1 N–H and O–H groups in total. The van der Waals surface area contributed by atoms with Crippen molar-refractivity contribution in [3.8, 4) is 0 Å². The molecule has 0 heterocycles. The number of carboxylic acid groups (broad SMARTS) is 1. The highest BCUT2D eigenvalue weighted by molar-refractivity contribution is 7.89. The Balaban J connectivity index is 2.19. The van der Waals surface area contributed by atoms with Crippen molar-refractivity contribution >= 4 is 16.0 Å². The van der Waals surface area contributed by atoms with Gasteiger partial charge in [0.25, 0.3) is 0 Å². The Morgan fingerprint density at radius 3 is 2.05 bits per heavy atom. The Morgan fingerprint density at radius 2 is 1.52 bits per heavy atom. The van der Waals surface area contributed by atoms with E-state index >= 15 is 0 Å². The first-order valence-electron chi connectivity index (χ1n) is 6.31. The van der Waals surface area contributed by atoms with E-state index in [1.54, 1.807) is 48.5 Å². The predicted molar refractivity (Wildman–Crippen MR) is 75.7 cm³/mol. The van der Waals surface area contributed by atoms with E-state index in [1.807, 2.05) is 0 Å². The number of carboxylic acids is 1. The average molecular weight is 304 g/mol. The van der Waals surface area contributed by atoms with E-state index in [-0.39, 0.29) is 11.3 Å². The average Bonchev–Trinajstić information content (AvgIpc) is 2.48. The van der Waals surface area contributed by atoms with Gasteiger partial charge in [0, 0.05) is 0 Å². The van der Waals surface area contributed by atoms with Crippen LogP contribution in [0, 0.1) is 0 Å². The van der Waals surface area contributed by atoms with Gasteiger partial charge in [-0.2, -0.15) is 0 Å². The van der Waals surface area contributed by atoms with Gasteiger partial charge in [-0.1, -0.05) is 48.5 Å². The SMILES string of the molecule is O=C([O-])C(Cc1ccccc1)NS(=O)(=O)c1ccccc1. The Labute approximate surface area is 123 Å². The van der Waals surface area contributed by atoms with Crippen LogP contribution < -0.4 is 9.83 Å². The molecule has 0 saturated carbocycles. The summed E-state index contributed by atoms with van der Waals surface area (Å²) < 4.78 is 26.4. The number of hydrogen-bond donors (Lipinski definition) is 1. The van der Waals surface area contributed by atoms with Crippen LogP contribution in [0.3, 0.4) is 0 Å². The largest absolute Gasteiger partial charge is 0.548 e. The molecule has 5 nitrogen and oxygen atoms in total. The molecular formula is C15H14NO4S-. The number of nitrogens with one attached hydrogen (secondary N) is 1. The molecule has 0 aromatic heterocycles. The van der Waals surface area contributed by atoms with Crippen molar-refractivity contribution in [3.63, 3.8) is 0 Å². The second-order valence-corrected chi connectivity index (χ2v) is 6.21. The number of benzene rings is 2. The second kappa shape index (κ2) is 6.51. The normalized spacial score (nSPS) is 12.8. The third-order valence-electron chi connectivity index (χ3n) is 2.92. The Bertz CT molecular complexity index is 699. The number of hydrogen-bond acceptors (Lipinski definition) is 4. The molecule has 21 heavy (non-hydrogen) atoms. The van der Waals surface area contributed by atoms with Gasteiger partial charge >= 0.3 is 0 Å². The van der Waals surface area contributed by atoms with Crippen LogP contribution in [0.1, 0.15) is 5.56 Å². The van der Waals surface area contributed by atoms with Gasteiger partial charge in [0.15, 0.2) is 0 Å². The quantitative estimate of drug-likeness (QED) is 0.833. The first-order chi connectivity index (χ1) is 9.99. The van der Waals surface area contributed by atoms with E-state index in [0.717, 1.165) is 0 Å². The van der Waals surface area contributed by atoms with Crippen LogP contribution in [-0.4, -0.2) is 20.4 Å². The van der Waals surface area contributed by atoms with E-state index in [1.165, 1.54) is 12.1 Å². The van der Waals surface area contributed by atoms with Gasteiger partial charge in [-0.05, 0) is 24.1 Å². The molecule has 2 rings (SSSR count). The predicted octanol–water partition coefficient (Wildman–Crippen LogP) is 0.326. The lowest BCUT2D eigenvalue weighted by Crippen LogP contribution is -2.49. The lowest BCUT2D eigenvalue weighted by Gasteiger charge is -2.19. The molecule has 0 radical (unpaired) electrons. The van der Waals surface area contributed by atoms with Crippen molar-refractivity contribution < 1.29 is 18.3 Å². The Hall–Kier alpha value is -2.18. The van der Waals surface area contributed by atoms with Gasteiger partial charge in [-0.15, -0.1) is 0 Å². The monoisotopic (exact) mass is 304 g/mol. The van der Waals surface area contributed by atoms with Crippen LogP contribution in [0.5, 0.6) is 0 Å². The molecule has 110 valence electrons. The zero-order valence-corrected chi connectivity index (χ0v) is 11.9. The maximum atomic E-state index is 12.1. The van der Waals surface area contributed by atoms with Crippen LogP contribution in [0.15, 0.2) is 65.6 Å². The zero-order valence-electron chi connectivity index (χ0n) is 11.1. The summed E-state index contributed by atoms with van der Waals surface area (Å²) >= 11 is 0. The fraction of sp³-hybridized carbons (Fsp3) is 0.133. The van der Waals surface area contributed by atoms with E-state index in [2.05, 4.69) is 4.72 Å². The molecule has 0 spiro atoms. The number of rotatable bonds is 6. The standard InChI is InChI=1S/C15H15NO4S/c17-15(18)14(11-12-7-3-1-4-8-12)16-21(19,20)13-9-5-2-6-10-13/h1-10,14,16H,11H2,(H,17,18)/p-1. The van der Waals surface area contributed by atoms with Gasteiger partial charge in [0.05, 0.1) is 16.9 Å². The van der Waals surface area contributed by atoms with Crippen molar-refractivity contribution in [1.29, 1.82) is 0 Å². The number of carbonyl (C=O) groups excluding carboxylic acids is 1. The third-order valence-corrected chi connectivity index (χ3v) is 4.41. The number of carbonyl (C=O) groups is 1. The lowest BCUT2D eigenvalue weighted by atomic mass is 10.1. The summed E-state index contributed by atoms with van der Waals surface area (Å²) in [4.78, 5) is 11.2. The highest BCUT2D eigenvalue weighted by Crippen LogP contribution is 2.10. The van der Waals surface area contributed by atoms with Gasteiger partial charge in [0.1, 0.15) is 0 Å². The number of aliphatic carboxylic acids is 1. The van der Waals surface area contributed by atoms with Gasteiger partial charge in [0.2, 0.25) is 10.0 Å². The van der Waals surface area contributed by atoms with E-state index in [9.17, 15) is 18.3 Å². The first-order valence-corrected chi connectivity index (χ1v) is 7.79. The smallest absolute Gasteiger partial charge is 0.241 e. The fourth-order valence-electron chi connectivity index (χ4n) is 1.88. The van der Waals surface area contributed by atoms with E-state index in [0.29, 0.717) is 5.56 Å². The summed E-state index contributed by atoms with van der Waals surface area (Å²) in [5.41, 5.74) is 0.711. The Kier molecular flexibility index (Phi) is 4.72. The van der Waals surface area contributed by atoms with Crippen LogP contribution in [0.25, 0.3) is 0 Å². The number of sulfonamides is 1. The minimum absolute atomic E-state index is 0.0179. The highest BCUT2D eigenvalue weighted by Gasteiger charge is 2.20. The molecule has 2 aromatic rings. The Morgan fingerprint density at radius 1 is 1.00 bits per heavy atom. The molecule has 0 fully saturated rings. The van der Waals surface area contributed by atoms with Crippen molar-refractivity contribution in [2.45, 2.75) is 17.4 Å². The lowest BCUT2D eigenvalue weighted by molar-refractivity contribution is -0.307. The topological polar surface area (TPSA) is 86.3 Å². The molecule has 0 saturated heterocycles. The van der Waals surface area contributed by atoms with Crippen LogP contribution >= 0.6 is 0 Å². The van der Waals surface area contributed by atoms with E-state index < -0.39 is 22.0 Å². The van der Waals surface area contributed by atoms with Crippen molar-refractivity contribution in [1.82, 2.24) is 4.72 Å². The van der Waals surface area contributed by atoms with Crippen molar-refractivity contribution in [3.05, 3.63) is 66.2 Å². The molecule has 0 aliphatic carbocycles. The molecule has 6 heteroatoms. The second-order valence-electron chi connectivity index (χ2n) is 4.50. The summed E-state index contributed by atoms with van der Waals surface area (Å²) in [6, 6.07) is 15.1. The summed E-state index contributed by atoms with van der Waals surface area (Å²) in [6.45, 7) is 0. The highest BCUT2D eigenvalue weighted by atomic mass is 32.2. The molecule has 1 atom stereocenters. The first kappa shape index (κ1) is 15.2. The summed E-state index contributed by atoms with van der Waals surface area (Å²) in [5.74, 6) is -1.46. The third kappa shape index (κ3) is 4.14. The maximum absolute atomic E-state index is 12.1. The molecule has 0 amide bonds. The van der Waals surface area contributed by atoms with Crippen LogP contribution in [-0.2, 0) is 21.2 Å². The van der Waals surface area contributed by atoms with Gasteiger partial charge in [-0.25, -0.2) is 13.1 Å². The summed E-state index contributed by atoms with van der Waals surface area (Å²) in [6.07, 6.45) is 0.0231.